The van der Waals surface area contributed by atoms with Crippen molar-refractivity contribution in [1.29, 1.82) is 0 Å². The van der Waals surface area contributed by atoms with E-state index in [1.807, 2.05) is 12.1 Å². The minimum absolute atomic E-state index is 0.346. The second-order valence-electron chi connectivity index (χ2n) is 6.00. The molecule has 0 spiro atoms. The number of phenols is 1. The van der Waals surface area contributed by atoms with Gasteiger partial charge in [0.25, 0.3) is 0 Å². The summed E-state index contributed by atoms with van der Waals surface area (Å²) in [5, 5.41) is 12.8. The maximum Gasteiger partial charge on any atom is 0.115 e. The number of nitrogens with zero attached hydrogens (tertiary/aromatic N) is 2. The van der Waals surface area contributed by atoms with Crippen molar-refractivity contribution in [2.75, 3.05) is 50.7 Å². The van der Waals surface area contributed by atoms with Crippen molar-refractivity contribution in [2.24, 2.45) is 5.92 Å². The SMILES string of the molecule is Oc1ccc(N2CCN(CC3CCNCC3)CC2)cc1. The fourth-order valence-electron chi connectivity index (χ4n) is 3.28. The number of piperidine rings is 1. The highest BCUT2D eigenvalue weighted by atomic mass is 16.3. The molecule has 0 bridgehead atoms. The molecule has 2 aliphatic heterocycles. The van der Waals surface area contributed by atoms with Crippen LogP contribution in [0.2, 0.25) is 0 Å². The third kappa shape index (κ3) is 3.44. The van der Waals surface area contributed by atoms with Crippen molar-refractivity contribution in [1.82, 2.24) is 10.2 Å². The molecule has 0 amide bonds. The zero-order valence-electron chi connectivity index (χ0n) is 12.1. The molecule has 0 saturated carbocycles. The highest BCUT2D eigenvalue weighted by Gasteiger charge is 2.21. The maximum absolute atomic E-state index is 9.35. The van der Waals surface area contributed by atoms with Crippen LogP contribution in [0, 0.1) is 5.92 Å². The van der Waals surface area contributed by atoms with E-state index in [-0.39, 0.29) is 0 Å². The van der Waals surface area contributed by atoms with E-state index in [4.69, 9.17) is 0 Å². The molecule has 0 unspecified atom stereocenters. The molecular weight excluding hydrogens is 250 g/mol. The Balaban J connectivity index is 1.47. The Labute approximate surface area is 121 Å². The first kappa shape index (κ1) is 13.7. The third-order valence-corrected chi connectivity index (χ3v) is 4.56. The van der Waals surface area contributed by atoms with E-state index in [2.05, 4.69) is 15.1 Å². The molecule has 0 radical (unpaired) electrons. The topological polar surface area (TPSA) is 38.7 Å². The molecule has 0 aliphatic carbocycles. The van der Waals surface area contributed by atoms with Gasteiger partial charge in [0.2, 0.25) is 0 Å². The van der Waals surface area contributed by atoms with E-state index in [9.17, 15) is 5.11 Å². The van der Waals surface area contributed by atoms with Crippen molar-refractivity contribution >= 4 is 5.69 Å². The smallest absolute Gasteiger partial charge is 0.115 e. The van der Waals surface area contributed by atoms with Crippen LogP contribution in [0.3, 0.4) is 0 Å². The van der Waals surface area contributed by atoms with Gasteiger partial charge in [0.1, 0.15) is 5.75 Å². The number of hydrogen-bond donors (Lipinski definition) is 2. The van der Waals surface area contributed by atoms with Crippen LogP contribution in [0.15, 0.2) is 24.3 Å². The molecule has 4 nitrogen and oxygen atoms in total. The summed E-state index contributed by atoms with van der Waals surface area (Å²) in [4.78, 5) is 5.03. The van der Waals surface area contributed by atoms with Gasteiger partial charge >= 0.3 is 0 Å². The van der Waals surface area contributed by atoms with E-state index >= 15 is 0 Å². The minimum atomic E-state index is 0.346. The van der Waals surface area contributed by atoms with Gasteiger partial charge in [0.15, 0.2) is 0 Å². The Bertz CT molecular complexity index is 406. The lowest BCUT2D eigenvalue weighted by Crippen LogP contribution is -2.48. The second kappa shape index (κ2) is 6.46. The number of anilines is 1. The molecule has 2 N–H and O–H groups in total. The number of benzene rings is 1. The molecule has 1 aromatic carbocycles. The lowest BCUT2D eigenvalue weighted by Gasteiger charge is -2.38. The summed E-state index contributed by atoms with van der Waals surface area (Å²) in [6, 6.07) is 7.57. The van der Waals surface area contributed by atoms with Gasteiger partial charge in [-0.05, 0) is 56.1 Å². The standard InChI is InChI=1S/C16H25N3O/c20-16-3-1-15(2-4-16)19-11-9-18(10-12-19)13-14-5-7-17-8-6-14/h1-4,14,17,20H,5-13H2. The summed E-state index contributed by atoms with van der Waals surface area (Å²) in [6.45, 7) is 8.16. The molecule has 2 saturated heterocycles. The van der Waals surface area contributed by atoms with E-state index in [0.29, 0.717) is 5.75 Å². The first-order chi connectivity index (χ1) is 9.81. The molecular formula is C16H25N3O. The Hall–Kier alpha value is -1.26. The average Bonchev–Trinajstić information content (AvgIpc) is 2.50. The largest absolute Gasteiger partial charge is 0.508 e. The third-order valence-electron chi connectivity index (χ3n) is 4.56. The highest BCUT2D eigenvalue weighted by Crippen LogP contribution is 2.21. The van der Waals surface area contributed by atoms with Crippen LogP contribution in [0.25, 0.3) is 0 Å². The van der Waals surface area contributed by atoms with Gasteiger partial charge in [0, 0.05) is 38.4 Å². The van der Waals surface area contributed by atoms with Gasteiger partial charge in [0.05, 0.1) is 0 Å². The van der Waals surface area contributed by atoms with Crippen LogP contribution < -0.4 is 10.2 Å². The molecule has 2 heterocycles. The first-order valence-electron chi connectivity index (χ1n) is 7.78. The van der Waals surface area contributed by atoms with Gasteiger partial charge in [-0.25, -0.2) is 0 Å². The van der Waals surface area contributed by atoms with Crippen LogP contribution in [-0.4, -0.2) is 55.8 Å². The van der Waals surface area contributed by atoms with Crippen molar-refractivity contribution in [2.45, 2.75) is 12.8 Å². The molecule has 0 aromatic heterocycles. The summed E-state index contributed by atoms with van der Waals surface area (Å²) in [5.74, 6) is 1.23. The fraction of sp³-hybridized carbons (Fsp3) is 0.625. The maximum atomic E-state index is 9.35. The number of phenolic OH excluding ortho intramolecular Hbond substituents is 1. The number of hydrogen-bond acceptors (Lipinski definition) is 4. The quantitative estimate of drug-likeness (QED) is 0.877. The summed E-state index contributed by atoms with van der Waals surface area (Å²) in [6.07, 6.45) is 2.66. The molecule has 1 aromatic rings. The second-order valence-corrected chi connectivity index (χ2v) is 6.00. The Morgan fingerprint density at radius 3 is 2.30 bits per heavy atom. The van der Waals surface area contributed by atoms with Gasteiger partial charge < -0.3 is 15.3 Å². The average molecular weight is 275 g/mol. The molecule has 3 rings (SSSR count). The molecule has 4 heteroatoms. The molecule has 2 aliphatic rings. The van der Waals surface area contributed by atoms with Crippen LogP contribution in [-0.2, 0) is 0 Å². The highest BCUT2D eigenvalue weighted by molar-refractivity contribution is 5.49. The fourth-order valence-corrected chi connectivity index (χ4v) is 3.28. The first-order valence-corrected chi connectivity index (χ1v) is 7.78. The van der Waals surface area contributed by atoms with Crippen LogP contribution in [0.5, 0.6) is 5.75 Å². The van der Waals surface area contributed by atoms with Crippen LogP contribution >= 0.6 is 0 Å². The summed E-state index contributed by atoms with van der Waals surface area (Å²) >= 11 is 0. The molecule has 0 atom stereocenters. The van der Waals surface area contributed by atoms with Crippen molar-refractivity contribution in [3.05, 3.63) is 24.3 Å². The Morgan fingerprint density at radius 1 is 1.00 bits per heavy atom. The summed E-state index contributed by atoms with van der Waals surface area (Å²) in [7, 11) is 0. The minimum Gasteiger partial charge on any atom is -0.508 e. The van der Waals surface area contributed by atoms with Crippen LogP contribution in [0.1, 0.15) is 12.8 Å². The monoisotopic (exact) mass is 275 g/mol. The van der Waals surface area contributed by atoms with Gasteiger partial charge in [-0.2, -0.15) is 0 Å². The molecule has 110 valence electrons. The number of piperazine rings is 1. The number of aromatic hydroxyl groups is 1. The predicted octanol–water partition coefficient (Wildman–Crippen LogP) is 1.51. The van der Waals surface area contributed by atoms with E-state index in [1.54, 1.807) is 12.1 Å². The van der Waals surface area contributed by atoms with Gasteiger partial charge in [-0.15, -0.1) is 0 Å². The Morgan fingerprint density at radius 2 is 1.65 bits per heavy atom. The van der Waals surface area contributed by atoms with E-state index < -0.39 is 0 Å². The molecule has 20 heavy (non-hydrogen) atoms. The van der Waals surface area contributed by atoms with Crippen molar-refractivity contribution in [3.63, 3.8) is 0 Å². The van der Waals surface area contributed by atoms with Crippen LogP contribution in [0.4, 0.5) is 5.69 Å². The molecule has 2 fully saturated rings. The van der Waals surface area contributed by atoms with Crippen molar-refractivity contribution in [3.8, 4) is 5.75 Å². The van der Waals surface area contributed by atoms with E-state index in [0.717, 1.165) is 32.1 Å². The number of nitrogens with one attached hydrogen (secondary N) is 1. The lowest BCUT2D eigenvalue weighted by molar-refractivity contribution is 0.196. The van der Waals surface area contributed by atoms with E-state index in [1.165, 1.54) is 38.2 Å². The lowest BCUT2D eigenvalue weighted by atomic mass is 9.97. The predicted molar refractivity (Wildman–Crippen MR) is 82.4 cm³/mol. The van der Waals surface area contributed by atoms with Crippen molar-refractivity contribution < 1.29 is 5.11 Å². The van der Waals surface area contributed by atoms with Gasteiger partial charge in [-0.1, -0.05) is 0 Å². The van der Waals surface area contributed by atoms with Gasteiger partial charge in [-0.3, -0.25) is 4.90 Å². The normalized spacial score (nSPS) is 22.1. The zero-order chi connectivity index (χ0) is 13.8. The summed E-state index contributed by atoms with van der Waals surface area (Å²) < 4.78 is 0. The Kier molecular flexibility index (Phi) is 4.43. The summed E-state index contributed by atoms with van der Waals surface area (Å²) in [5.41, 5.74) is 1.23. The number of rotatable bonds is 3. The zero-order valence-corrected chi connectivity index (χ0v) is 12.1.